The highest BCUT2D eigenvalue weighted by Gasteiger charge is 2.51. The Morgan fingerprint density at radius 2 is 1.08 bits per heavy atom. The summed E-state index contributed by atoms with van der Waals surface area (Å²) in [6, 6.07) is 45.0. The smallest absolute Gasteiger partial charge is 0.182 e. The minimum atomic E-state index is 0.357. The van der Waals surface area contributed by atoms with Gasteiger partial charge in [0.15, 0.2) is 17.8 Å². The molecule has 4 aliphatic rings. The number of fused-ring (bicyclic) bond motifs is 1. The van der Waals surface area contributed by atoms with Crippen LogP contribution >= 0.6 is 0 Å². The van der Waals surface area contributed by atoms with Crippen LogP contribution in [0.2, 0.25) is 0 Å². The molecular formula is C45H37N3O. The van der Waals surface area contributed by atoms with E-state index in [0.29, 0.717) is 11.2 Å². The molecule has 0 aliphatic heterocycles. The molecule has 4 bridgehead atoms. The first kappa shape index (κ1) is 28.6. The minimum Gasteiger partial charge on any atom is -0.443 e. The van der Waals surface area contributed by atoms with Gasteiger partial charge in [0, 0.05) is 27.8 Å². The van der Waals surface area contributed by atoms with Gasteiger partial charge in [-0.2, -0.15) is 0 Å². The predicted molar refractivity (Wildman–Crippen MR) is 197 cm³/mol. The lowest BCUT2D eigenvalue weighted by Crippen LogP contribution is -2.48. The fraction of sp³-hybridized carbons (Fsp3) is 0.222. The van der Waals surface area contributed by atoms with Gasteiger partial charge in [-0.3, -0.25) is 0 Å². The van der Waals surface area contributed by atoms with Crippen LogP contribution < -0.4 is 0 Å². The molecule has 4 aliphatic carbocycles. The standard InChI is InChI=1S/C45H37N3O/c1-3-9-32(10-4-1)40-24-41(48-44(47-40)33-11-5-2-6-12-33)36-15-7-13-34(22-36)39-18-17-38(42-43(39)49-28-46-42)35-14-8-16-37(23-35)45-25-29-19-30(26-45)21-31(20-29)27-45/h1-18,22-24,28-31H,19-21,25-27H2. The number of benzene rings is 5. The lowest BCUT2D eigenvalue weighted by Gasteiger charge is -2.57. The van der Waals surface area contributed by atoms with Gasteiger partial charge in [0.25, 0.3) is 0 Å². The Hall–Kier alpha value is -5.35. The summed E-state index contributed by atoms with van der Waals surface area (Å²) in [6.07, 6.45) is 10.1. The highest BCUT2D eigenvalue weighted by Crippen LogP contribution is 2.61. The van der Waals surface area contributed by atoms with Crippen LogP contribution in [0.5, 0.6) is 0 Å². The van der Waals surface area contributed by atoms with Crippen LogP contribution in [0.25, 0.3) is 67.3 Å². The molecule has 4 fully saturated rings. The maximum absolute atomic E-state index is 6.16. The fourth-order valence-corrected chi connectivity index (χ4v) is 9.81. The Bertz CT molecular complexity index is 2230. The second-order valence-electron chi connectivity index (χ2n) is 14.7. The third-order valence-electron chi connectivity index (χ3n) is 11.6. The summed E-state index contributed by atoms with van der Waals surface area (Å²) in [6.45, 7) is 0. The third-order valence-corrected chi connectivity index (χ3v) is 11.6. The number of hydrogen-bond acceptors (Lipinski definition) is 4. The first-order valence-corrected chi connectivity index (χ1v) is 17.8. The van der Waals surface area contributed by atoms with Crippen molar-refractivity contribution in [3.8, 4) is 56.2 Å². The van der Waals surface area contributed by atoms with E-state index < -0.39 is 0 Å². The molecule has 7 aromatic rings. The van der Waals surface area contributed by atoms with Crippen LogP contribution in [-0.2, 0) is 5.41 Å². The van der Waals surface area contributed by atoms with Gasteiger partial charge >= 0.3 is 0 Å². The summed E-state index contributed by atoms with van der Waals surface area (Å²) in [7, 11) is 0. The quantitative estimate of drug-likeness (QED) is 0.182. The van der Waals surface area contributed by atoms with Crippen LogP contribution in [-0.4, -0.2) is 15.0 Å². The summed E-state index contributed by atoms with van der Waals surface area (Å²) in [4.78, 5) is 14.8. The highest BCUT2D eigenvalue weighted by atomic mass is 16.3. The molecule has 49 heavy (non-hydrogen) atoms. The van der Waals surface area contributed by atoms with Crippen molar-refractivity contribution in [2.45, 2.75) is 43.9 Å². The van der Waals surface area contributed by atoms with Crippen LogP contribution in [0, 0.1) is 17.8 Å². The van der Waals surface area contributed by atoms with Crippen molar-refractivity contribution in [1.82, 2.24) is 15.0 Å². The van der Waals surface area contributed by atoms with Gasteiger partial charge in [-0.25, -0.2) is 15.0 Å². The summed E-state index contributed by atoms with van der Waals surface area (Å²) in [5.41, 5.74) is 12.9. The fourth-order valence-electron chi connectivity index (χ4n) is 9.81. The molecule has 0 amide bonds. The number of oxazole rings is 1. The average molecular weight is 636 g/mol. The molecule has 4 saturated carbocycles. The van der Waals surface area contributed by atoms with Gasteiger partial charge in [-0.15, -0.1) is 0 Å². The molecule has 0 N–H and O–H groups in total. The van der Waals surface area contributed by atoms with E-state index in [9.17, 15) is 0 Å². The Kier molecular flexibility index (Phi) is 6.65. The first-order chi connectivity index (χ1) is 24.2. The summed E-state index contributed by atoms with van der Waals surface area (Å²) >= 11 is 0. The minimum absolute atomic E-state index is 0.357. The van der Waals surface area contributed by atoms with E-state index in [2.05, 4.69) is 91.0 Å². The van der Waals surface area contributed by atoms with Crippen molar-refractivity contribution in [3.05, 3.63) is 139 Å². The zero-order valence-corrected chi connectivity index (χ0v) is 27.4. The van der Waals surface area contributed by atoms with E-state index >= 15 is 0 Å². The van der Waals surface area contributed by atoms with Crippen molar-refractivity contribution < 1.29 is 4.42 Å². The normalized spacial score (nSPS) is 22.5. The molecular weight excluding hydrogens is 599 g/mol. The molecule has 2 aromatic heterocycles. The summed E-state index contributed by atoms with van der Waals surface area (Å²) in [5.74, 6) is 3.47. The van der Waals surface area contributed by atoms with Crippen molar-refractivity contribution in [2.75, 3.05) is 0 Å². The van der Waals surface area contributed by atoms with Crippen molar-refractivity contribution in [1.29, 1.82) is 0 Å². The van der Waals surface area contributed by atoms with Gasteiger partial charge < -0.3 is 4.42 Å². The van der Waals surface area contributed by atoms with Crippen LogP contribution in [0.1, 0.15) is 44.1 Å². The topological polar surface area (TPSA) is 51.8 Å². The highest BCUT2D eigenvalue weighted by molar-refractivity contribution is 6.00. The summed E-state index contributed by atoms with van der Waals surface area (Å²) < 4.78 is 6.16. The van der Waals surface area contributed by atoms with Crippen LogP contribution in [0.3, 0.4) is 0 Å². The molecule has 4 heteroatoms. The van der Waals surface area contributed by atoms with E-state index in [1.54, 1.807) is 6.39 Å². The molecule has 2 heterocycles. The van der Waals surface area contributed by atoms with Crippen LogP contribution in [0.15, 0.2) is 138 Å². The molecule has 5 aromatic carbocycles. The second-order valence-corrected chi connectivity index (χ2v) is 14.7. The van der Waals surface area contributed by atoms with E-state index in [1.165, 1.54) is 49.7 Å². The zero-order valence-electron chi connectivity index (χ0n) is 27.4. The average Bonchev–Trinajstić information content (AvgIpc) is 3.65. The Morgan fingerprint density at radius 1 is 0.510 bits per heavy atom. The predicted octanol–water partition coefficient (Wildman–Crippen LogP) is 11.4. The van der Waals surface area contributed by atoms with Gasteiger partial charge in [0.2, 0.25) is 0 Å². The molecule has 238 valence electrons. The molecule has 4 nitrogen and oxygen atoms in total. The SMILES string of the molecule is c1ccc(-c2cc(-c3cccc(-c4ccc(-c5cccc(C67CC8CC(CC(C8)C6)C7)c5)c5ncoc45)c3)nc(-c3ccccc3)n2)cc1. The number of hydrogen-bond donors (Lipinski definition) is 0. The number of nitrogens with zero attached hydrogens (tertiary/aromatic N) is 3. The van der Waals surface area contributed by atoms with Gasteiger partial charge in [-0.1, -0.05) is 109 Å². The molecule has 0 saturated heterocycles. The number of aromatic nitrogens is 3. The zero-order chi connectivity index (χ0) is 32.4. The Labute approximate surface area is 286 Å². The van der Waals surface area contributed by atoms with E-state index in [-0.39, 0.29) is 0 Å². The lowest BCUT2D eigenvalue weighted by molar-refractivity contribution is -0.00516. The van der Waals surface area contributed by atoms with E-state index in [0.717, 1.165) is 73.6 Å². The summed E-state index contributed by atoms with van der Waals surface area (Å²) in [5, 5.41) is 0. The molecule has 0 radical (unpaired) electrons. The first-order valence-electron chi connectivity index (χ1n) is 17.8. The largest absolute Gasteiger partial charge is 0.443 e. The maximum atomic E-state index is 6.16. The van der Waals surface area contributed by atoms with Crippen LogP contribution in [0.4, 0.5) is 0 Å². The molecule has 0 spiro atoms. The lowest BCUT2D eigenvalue weighted by atomic mass is 9.48. The van der Waals surface area contributed by atoms with E-state index in [1.807, 2.05) is 36.4 Å². The molecule has 0 atom stereocenters. The van der Waals surface area contributed by atoms with Crippen molar-refractivity contribution in [3.63, 3.8) is 0 Å². The Balaban J connectivity index is 1.03. The Morgan fingerprint density at radius 3 is 1.80 bits per heavy atom. The van der Waals surface area contributed by atoms with E-state index in [4.69, 9.17) is 19.4 Å². The van der Waals surface area contributed by atoms with Crippen molar-refractivity contribution in [2.24, 2.45) is 17.8 Å². The number of rotatable bonds is 6. The second kappa shape index (κ2) is 11.4. The monoisotopic (exact) mass is 635 g/mol. The molecule has 11 rings (SSSR count). The molecule has 0 unspecified atom stereocenters. The van der Waals surface area contributed by atoms with Gasteiger partial charge in [-0.05, 0) is 96.6 Å². The van der Waals surface area contributed by atoms with Crippen molar-refractivity contribution >= 4 is 11.1 Å². The van der Waals surface area contributed by atoms with Gasteiger partial charge in [0.1, 0.15) is 5.52 Å². The third kappa shape index (κ3) is 5.01. The maximum Gasteiger partial charge on any atom is 0.182 e. The van der Waals surface area contributed by atoms with Gasteiger partial charge in [0.05, 0.1) is 11.4 Å².